The third-order valence-electron chi connectivity index (χ3n) is 2.43. The first-order chi connectivity index (χ1) is 9.49. The predicted octanol–water partition coefficient (Wildman–Crippen LogP) is 2.50. The Kier molecular flexibility index (Phi) is 4.40. The van der Waals surface area contributed by atoms with Crippen molar-refractivity contribution in [2.45, 2.75) is 12.6 Å². The van der Waals surface area contributed by atoms with Crippen molar-refractivity contribution in [3.63, 3.8) is 0 Å². The summed E-state index contributed by atoms with van der Waals surface area (Å²) in [5.74, 6) is 3.86. The number of aromatic nitrogens is 2. The highest BCUT2D eigenvalue weighted by Gasteiger charge is 2.35. The molecule has 0 amide bonds. The Hall–Kier alpha value is -1.87. The molecule has 0 aliphatic carbocycles. The second-order valence-electron chi connectivity index (χ2n) is 3.91. The third kappa shape index (κ3) is 3.81. The van der Waals surface area contributed by atoms with Crippen molar-refractivity contribution in [2.75, 3.05) is 17.3 Å². The van der Waals surface area contributed by atoms with Gasteiger partial charge in [0.25, 0.3) is 0 Å². The number of nitrogen functional groups attached to an aromatic ring is 1. The van der Waals surface area contributed by atoms with Crippen LogP contribution in [0.25, 0.3) is 0 Å². The molecule has 5 nitrogen and oxygen atoms in total. The molecule has 4 N–H and O–H groups in total. The van der Waals surface area contributed by atoms with Crippen molar-refractivity contribution in [1.82, 2.24) is 9.97 Å². The smallest absolute Gasteiger partial charge is 0.370 e. The maximum absolute atomic E-state index is 12.6. The number of alkyl halides is 3. The predicted molar refractivity (Wildman–Crippen MR) is 71.4 cm³/mol. The molecule has 0 unspecified atom stereocenters. The van der Waals surface area contributed by atoms with E-state index in [2.05, 4.69) is 20.7 Å². The molecular weight excluding hydrogens is 291 g/mol. The maximum Gasteiger partial charge on any atom is 0.451 e. The number of nitrogens with one attached hydrogen (secondary N) is 2. The SMILES string of the molecule is NNc1cc(NCCc2ccsc2)nc(C(F)(F)F)n1. The van der Waals surface area contributed by atoms with Crippen LogP contribution in [0.1, 0.15) is 11.4 Å². The fourth-order valence-corrected chi connectivity index (χ4v) is 2.21. The summed E-state index contributed by atoms with van der Waals surface area (Å²) in [7, 11) is 0. The number of hydrogen-bond donors (Lipinski definition) is 3. The number of hydrogen-bond acceptors (Lipinski definition) is 6. The minimum Gasteiger partial charge on any atom is -0.370 e. The molecule has 20 heavy (non-hydrogen) atoms. The molecule has 2 aromatic heterocycles. The van der Waals surface area contributed by atoms with Gasteiger partial charge in [-0.2, -0.15) is 24.5 Å². The molecule has 0 aliphatic heterocycles. The van der Waals surface area contributed by atoms with Crippen LogP contribution in [0.2, 0.25) is 0 Å². The Bertz CT molecular complexity index is 556. The van der Waals surface area contributed by atoms with Gasteiger partial charge in [-0.05, 0) is 28.8 Å². The molecule has 0 fully saturated rings. The number of thiophene rings is 1. The number of anilines is 2. The summed E-state index contributed by atoms with van der Waals surface area (Å²) >= 11 is 1.57. The van der Waals surface area contributed by atoms with E-state index in [4.69, 9.17) is 5.84 Å². The van der Waals surface area contributed by atoms with Gasteiger partial charge < -0.3 is 10.7 Å². The van der Waals surface area contributed by atoms with E-state index in [9.17, 15) is 13.2 Å². The highest BCUT2D eigenvalue weighted by molar-refractivity contribution is 7.07. The van der Waals surface area contributed by atoms with Gasteiger partial charge in [0.15, 0.2) is 0 Å². The molecule has 0 spiro atoms. The standard InChI is InChI=1S/C11H12F3N5S/c12-11(13,14)10-17-8(5-9(18-10)19-15)16-3-1-7-2-4-20-6-7/h2,4-6H,1,3,15H2,(H2,16,17,18,19). The quantitative estimate of drug-likeness (QED) is 0.584. The average Bonchev–Trinajstić information content (AvgIpc) is 2.90. The van der Waals surface area contributed by atoms with E-state index in [1.165, 1.54) is 6.07 Å². The first-order valence-electron chi connectivity index (χ1n) is 5.67. The summed E-state index contributed by atoms with van der Waals surface area (Å²) in [6, 6.07) is 3.28. The molecule has 0 atom stereocenters. The molecule has 0 saturated carbocycles. The van der Waals surface area contributed by atoms with E-state index in [0.717, 1.165) is 5.56 Å². The molecule has 2 heterocycles. The Morgan fingerprint density at radius 2 is 2.00 bits per heavy atom. The monoisotopic (exact) mass is 303 g/mol. The van der Waals surface area contributed by atoms with Crippen molar-refractivity contribution < 1.29 is 13.2 Å². The van der Waals surface area contributed by atoms with Crippen molar-refractivity contribution in [3.8, 4) is 0 Å². The molecule has 0 bridgehead atoms. The van der Waals surface area contributed by atoms with Crippen LogP contribution in [-0.4, -0.2) is 16.5 Å². The lowest BCUT2D eigenvalue weighted by atomic mass is 10.2. The van der Waals surface area contributed by atoms with Crippen LogP contribution < -0.4 is 16.6 Å². The van der Waals surface area contributed by atoms with Crippen molar-refractivity contribution in [3.05, 3.63) is 34.3 Å². The van der Waals surface area contributed by atoms with E-state index in [0.29, 0.717) is 13.0 Å². The summed E-state index contributed by atoms with van der Waals surface area (Å²) in [4.78, 5) is 6.70. The van der Waals surface area contributed by atoms with E-state index in [-0.39, 0.29) is 11.6 Å². The number of hydrazine groups is 1. The Labute approximate surface area is 117 Å². The van der Waals surface area contributed by atoms with Gasteiger partial charge in [0.2, 0.25) is 5.82 Å². The molecular formula is C11H12F3N5S. The molecule has 0 aromatic carbocycles. The zero-order valence-corrected chi connectivity index (χ0v) is 11.1. The van der Waals surface area contributed by atoms with Gasteiger partial charge in [-0.3, -0.25) is 0 Å². The molecule has 108 valence electrons. The van der Waals surface area contributed by atoms with E-state index in [1.54, 1.807) is 11.3 Å². The second-order valence-corrected chi connectivity index (χ2v) is 4.69. The van der Waals surface area contributed by atoms with Gasteiger partial charge in [-0.15, -0.1) is 0 Å². The number of nitrogens with two attached hydrogens (primary N) is 1. The largest absolute Gasteiger partial charge is 0.451 e. The van der Waals surface area contributed by atoms with E-state index >= 15 is 0 Å². The fraction of sp³-hybridized carbons (Fsp3) is 0.273. The average molecular weight is 303 g/mol. The van der Waals surface area contributed by atoms with Crippen LogP contribution in [0.4, 0.5) is 24.8 Å². The van der Waals surface area contributed by atoms with Crippen LogP contribution in [-0.2, 0) is 12.6 Å². The van der Waals surface area contributed by atoms with Gasteiger partial charge in [0, 0.05) is 12.6 Å². The van der Waals surface area contributed by atoms with Crippen LogP contribution in [0, 0.1) is 0 Å². The summed E-state index contributed by atoms with van der Waals surface area (Å²) in [6.07, 6.45) is -3.92. The summed E-state index contributed by atoms with van der Waals surface area (Å²) in [5, 5.41) is 6.75. The van der Waals surface area contributed by atoms with E-state index in [1.807, 2.05) is 16.8 Å². The Morgan fingerprint density at radius 3 is 2.60 bits per heavy atom. The number of halogens is 3. The molecule has 9 heteroatoms. The van der Waals surface area contributed by atoms with Crippen LogP contribution in [0.3, 0.4) is 0 Å². The van der Waals surface area contributed by atoms with E-state index < -0.39 is 12.0 Å². The molecule has 2 aromatic rings. The van der Waals surface area contributed by atoms with Gasteiger partial charge in [-0.25, -0.2) is 15.8 Å². The van der Waals surface area contributed by atoms with Crippen molar-refractivity contribution >= 4 is 23.0 Å². The lowest BCUT2D eigenvalue weighted by molar-refractivity contribution is -0.144. The molecule has 0 radical (unpaired) electrons. The highest BCUT2D eigenvalue weighted by Crippen LogP contribution is 2.28. The van der Waals surface area contributed by atoms with Crippen LogP contribution >= 0.6 is 11.3 Å². The van der Waals surface area contributed by atoms with Gasteiger partial charge in [-0.1, -0.05) is 0 Å². The maximum atomic E-state index is 12.6. The summed E-state index contributed by atoms with van der Waals surface area (Å²) in [6.45, 7) is 0.467. The van der Waals surface area contributed by atoms with Gasteiger partial charge >= 0.3 is 6.18 Å². The summed E-state index contributed by atoms with van der Waals surface area (Å²) in [5.41, 5.74) is 3.21. The fourth-order valence-electron chi connectivity index (χ4n) is 1.51. The van der Waals surface area contributed by atoms with Crippen molar-refractivity contribution in [2.24, 2.45) is 5.84 Å². The first-order valence-corrected chi connectivity index (χ1v) is 6.61. The highest BCUT2D eigenvalue weighted by atomic mass is 32.1. The minimum atomic E-state index is -4.61. The zero-order chi connectivity index (χ0) is 14.6. The normalized spacial score (nSPS) is 11.4. The van der Waals surface area contributed by atoms with Crippen molar-refractivity contribution in [1.29, 1.82) is 0 Å². The zero-order valence-electron chi connectivity index (χ0n) is 10.2. The third-order valence-corrected chi connectivity index (χ3v) is 3.16. The molecule has 2 rings (SSSR count). The van der Waals surface area contributed by atoms with Gasteiger partial charge in [0.1, 0.15) is 11.6 Å². The summed E-state index contributed by atoms with van der Waals surface area (Å²) < 4.78 is 37.8. The number of nitrogens with zero attached hydrogens (tertiary/aromatic N) is 2. The molecule has 0 aliphatic rings. The topological polar surface area (TPSA) is 75.9 Å². The molecule has 0 saturated heterocycles. The lowest BCUT2D eigenvalue weighted by Gasteiger charge is -2.11. The Morgan fingerprint density at radius 1 is 1.25 bits per heavy atom. The first kappa shape index (κ1) is 14.5. The minimum absolute atomic E-state index is 0.0792. The number of rotatable bonds is 5. The van der Waals surface area contributed by atoms with Crippen LogP contribution in [0.15, 0.2) is 22.9 Å². The second kappa shape index (κ2) is 6.06. The van der Waals surface area contributed by atoms with Crippen LogP contribution in [0.5, 0.6) is 0 Å². The Balaban J connectivity index is 2.06. The lowest BCUT2D eigenvalue weighted by Crippen LogP contribution is -2.17. The van der Waals surface area contributed by atoms with Gasteiger partial charge in [0.05, 0.1) is 0 Å².